The highest BCUT2D eigenvalue weighted by molar-refractivity contribution is 6.30. The summed E-state index contributed by atoms with van der Waals surface area (Å²) in [5.74, 6) is 0.117. The lowest BCUT2D eigenvalue weighted by Gasteiger charge is -2.08. The van der Waals surface area contributed by atoms with E-state index in [0.29, 0.717) is 30.5 Å². The Kier molecular flexibility index (Phi) is 5.83. The Balaban J connectivity index is 1.66. The van der Waals surface area contributed by atoms with Crippen molar-refractivity contribution in [1.82, 2.24) is 10.6 Å². The van der Waals surface area contributed by atoms with Crippen molar-refractivity contribution in [1.29, 1.82) is 0 Å². The second kappa shape index (κ2) is 7.63. The molecule has 0 aliphatic heterocycles. The zero-order chi connectivity index (χ0) is 16.1. The molecule has 0 spiro atoms. The van der Waals surface area contributed by atoms with Crippen LogP contribution < -0.4 is 10.6 Å². The molecule has 0 radical (unpaired) electrons. The minimum Gasteiger partial charge on any atom is -0.356 e. The van der Waals surface area contributed by atoms with Gasteiger partial charge in [-0.15, -0.1) is 0 Å². The molecule has 2 N–H and O–H groups in total. The summed E-state index contributed by atoms with van der Waals surface area (Å²) in [6, 6.07) is 7.59. The van der Waals surface area contributed by atoms with Crippen LogP contribution in [-0.2, 0) is 16.0 Å². The Morgan fingerprint density at radius 3 is 2.32 bits per heavy atom. The van der Waals surface area contributed by atoms with Crippen LogP contribution in [0.3, 0.4) is 0 Å². The molecule has 0 bridgehead atoms. The van der Waals surface area contributed by atoms with E-state index in [9.17, 15) is 9.59 Å². The summed E-state index contributed by atoms with van der Waals surface area (Å²) < 4.78 is 0. The largest absolute Gasteiger partial charge is 0.356 e. The molecule has 2 amide bonds. The third-order valence-corrected chi connectivity index (χ3v) is 4.03. The van der Waals surface area contributed by atoms with Gasteiger partial charge in [0.05, 0.1) is 11.8 Å². The number of carbonyl (C=O) groups is 2. The maximum absolute atomic E-state index is 12.0. The molecule has 2 atom stereocenters. The van der Waals surface area contributed by atoms with E-state index in [1.807, 2.05) is 38.1 Å². The second-order valence-corrected chi connectivity index (χ2v) is 6.69. The van der Waals surface area contributed by atoms with Crippen LogP contribution in [0.1, 0.15) is 25.8 Å². The molecule has 2 rings (SSSR count). The summed E-state index contributed by atoms with van der Waals surface area (Å²) in [5, 5.41) is 6.50. The predicted molar refractivity (Wildman–Crippen MR) is 87.6 cm³/mol. The van der Waals surface area contributed by atoms with E-state index in [0.717, 1.165) is 12.0 Å². The Bertz CT molecular complexity index is 528. The van der Waals surface area contributed by atoms with E-state index in [2.05, 4.69) is 10.6 Å². The van der Waals surface area contributed by atoms with Crippen LogP contribution in [0.15, 0.2) is 24.3 Å². The van der Waals surface area contributed by atoms with Gasteiger partial charge in [0.2, 0.25) is 11.8 Å². The van der Waals surface area contributed by atoms with Gasteiger partial charge < -0.3 is 10.6 Å². The average molecular weight is 323 g/mol. The van der Waals surface area contributed by atoms with Crippen LogP contribution in [0.2, 0.25) is 5.02 Å². The van der Waals surface area contributed by atoms with E-state index < -0.39 is 0 Å². The number of hydrogen-bond donors (Lipinski definition) is 2. The van der Waals surface area contributed by atoms with Crippen molar-refractivity contribution < 1.29 is 9.59 Å². The first-order valence-corrected chi connectivity index (χ1v) is 8.15. The standard InChI is InChI=1S/C17H23ClN2O2/c1-11(2)10-20-17(22)15-9-14(15)16(21)19-8-7-12-3-5-13(18)6-4-12/h3-6,11,14-15H,7-10H2,1-2H3,(H,19,21)(H,20,22). The maximum Gasteiger partial charge on any atom is 0.223 e. The first-order chi connectivity index (χ1) is 10.5. The van der Waals surface area contributed by atoms with Crippen LogP contribution in [-0.4, -0.2) is 24.9 Å². The Morgan fingerprint density at radius 1 is 1.14 bits per heavy atom. The third-order valence-electron chi connectivity index (χ3n) is 3.77. The zero-order valence-corrected chi connectivity index (χ0v) is 13.8. The van der Waals surface area contributed by atoms with Crippen LogP contribution in [0, 0.1) is 17.8 Å². The fraction of sp³-hybridized carbons (Fsp3) is 0.529. The number of rotatable bonds is 7. The summed E-state index contributed by atoms with van der Waals surface area (Å²) in [6.45, 7) is 5.35. The molecule has 1 aliphatic rings. The van der Waals surface area contributed by atoms with Gasteiger partial charge in [-0.25, -0.2) is 0 Å². The number of halogens is 1. The van der Waals surface area contributed by atoms with Crippen molar-refractivity contribution in [3.05, 3.63) is 34.9 Å². The summed E-state index contributed by atoms with van der Waals surface area (Å²) in [5.41, 5.74) is 1.13. The molecule has 120 valence electrons. The van der Waals surface area contributed by atoms with Gasteiger partial charge in [-0.1, -0.05) is 37.6 Å². The highest BCUT2D eigenvalue weighted by Gasteiger charge is 2.47. The smallest absolute Gasteiger partial charge is 0.223 e. The topological polar surface area (TPSA) is 58.2 Å². The summed E-state index contributed by atoms with van der Waals surface area (Å²) in [6.07, 6.45) is 1.43. The minimum absolute atomic E-state index is 0.00607. The lowest BCUT2D eigenvalue weighted by molar-refractivity contribution is -0.127. The molecule has 1 fully saturated rings. The van der Waals surface area contributed by atoms with Crippen molar-refractivity contribution in [2.24, 2.45) is 17.8 Å². The first-order valence-electron chi connectivity index (χ1n) is 7.77. The molecule has 22 heavy (non-hydrogen) atoms. The van der Waals surface area contributed by atoms with E-state index >= 15 is 0 Å². The second-order valence-electron chi connectivity index (χ2n) is 6.26. The van der Waals surface area contributed by atoms with Crippen molar-refractivity contribution in [3.8, 4) is 0 Å². The van der Waals surface area contributed by atoms with Crippen LogP contribution in [0.5, 0.6) is 0 Å². The van der Waals surface area contributed by atoms with Crippen molar-refractivity contribution in [3.63, 3.8) is 0 Å². The fourth-order valence-electron chi connectivity index (χ4n) is 2.32. The molecule has 1 saturated carbocycles. The third kappa shape index (κ3) is 5.02. The molecule has 1 aromatic rings. The minimum atomic E-state index is -0.155. The number of nitrogens with one attached hydrogen (secondary N) is 2. The Morgan fingerprint density at radius 2 is 1.73 bits per heavy atom. The van der Waals surface area contributed by atoms with Crippen molar-refractivity contribution in [2.75, 3.05) is 13.1 Å². The molecule has 0 saturated heterocycles. The van der Waals surface area contributed by atoms with E-state index in [4.69, 9.17) is 11.6 Å². The lowest BCUT2D eigenvalue weighted by Crippen LogP contribution is -2.32. The van der Waals surface area contributed by atoms with Gasteiger partial charge >= 0.3 is 0 Å². The highest BCUT2D eigenvalue weighted by atomic mass is 35.5. The van der Waals surface area contributed by atoms with Gasteiger partial charge in [-0.3, -0.25) is 9.59 Å². The Labute approximate surface area is 136 Å². The number of hydrogen-bond acceptors (Lipinski definition) is 2. The van der Waals surface area contributed by atoms with Gasteiger partial charge in [0.25, 0.3) is 0 Å². The van der Waals surface area contributed by atoms with Crippen LogP contribution in [0.25, 0.3) is 0 Å². The molecule has 0 aromatic heterocycles. The van der Waals surface area contributed by atoms with Crippen LogP contribution in [0.4, 0.5) is 0 Å². The highest BCUT2D eigenvalue weighted by Crippen LogP contribution is 2.38. The SMILES string of the molecule is CC(C)CNC(=O)C1CC1C(=O)NCCc1ccc(Cl)cc1. The number of amides is 2. The van der Waals surface area contributed by atoms with Crippen LogP contribution >= 0.6 is 11.6 Å². The number of benzene rings is 1. The normalized spacial score (nSPS) is 19.8. The van der Waals surface area contributed by atoms with Crippen molar-refractivity contribution >= 4 is 23.4 Å². The van der Waals surface area contributed by atoms with Gasteiger partial charge in [-0.05, 0) is 36.5 Å². The summed E-state index contributed by atoms with van der Waals surface area (Å²) in [7, 11) is 0. The number of carbonyl (C=O) groups excluding carboxylic acids is 2. The molecule has 5 heteroatoms. The Hall–Kier alpha value is -1.55. The lowest BCUT2D eigenvalue weighted by atomic mass is 10.1. The maximum atomic E-state index is 12.0. The monoisotopic (exact) mass is 322 g/mol. The van der Waals surface area contributed by atoms with Gasteiger partial charge in [-0.2, -0.15) is 0 Å². The van der Waals surface area contributed by atoms with Crippen molar-refractivity contribution in [2.45, 2.75) is 26.7 Å². The first kappa shape index (κ1) is 16.8. The molecular formula is C17H23ClN2O2. The quantitative estimate of drug-likeness (QED) is 0.810. The molecular weight excluding hydrogens is 300 g/mol. The van der Waals surface area contributed by atoms with Gasteiger partial charge in [0.15, 0.2) is 0 Å². The van der Waals surface area contributed by atoms with E-state index in [1.54, 1.807) is 0 Å². The molecule has 1 aliphatic carbocycles. The average Bonchev–Trinajstić information content (AvgIpc) is 3.27. The predicted octanol–water partition coefficient (Wildman–Crippen LogP) is 2.41. The van der Waals surface area contributed by atoms with Gasteiger partial charge in [0.1, 0.15) is 0 Å². The molecule has 1 aromatic carbocycles. The summed E-state index contributed by atoms with van der Waals surface area (Å²) >= 11 is 5.83. The fourth-order valence-corrected chi connectivity index (χ4v) is 2.45. The zero-order valence-electron chi connectivity index (χ0n) is 13.1. The van der Waals surface area contributed by atoms with E-state index in [-0.39, 0.29) is 23.7 Å². The molecule has 0 heterocycles. The van der Waals surface area contributed by atoms with E-state index in [1.165, 1.54) is 0 Å². The molecule has 4 nitrogen and oxygen atoms in total. The summed E-state index contributed by atoms with van der Waals surface area (Å²) in [4.78, 5) is 23.8. The van der Waals surface area contributed by atoms with Gasteiger partial charge in [0, 0.05) is 18.1 Å². The molecule has 2 unspecified atom stereocenters.